The summed E-state index contributed by atoms with van der Waals surface area (Å²) in [5.74, 6) is 7.35. The first kappa shape index (κ1) is 7.89. The first-order valence-electron chi connectivity index (χ1n) is 3.74. The van der Waals surface area contributed by atoms with Gasteiger partial charge in [0, 0.05) is 5.92 Å². The van der Waals surface area contributed by atoms with Gasteiger partial charge in [0.15, 0.2) is 0 Å². The molecular formula is C10H9F. The highest BCUT2D eigenvalue weighted by atomic mass is 19.1. The third-order valence-corrected chi connectivity index (χ3v) is 1.62. The van der Waals surface area contributed by atoms with E-state index in [9.17, 15) is 4.39 Å². The highest BCUT2D eigenvalue weighted by Crippen LogP contribution is 2.15. The van der Waals surface area contributed by atoms with Gasteiger partial charge in [0.25, 0.3) is 0 Å². The van der Waals surface area contributed by atoms with Crippen molar-refractivity contribution < 1.29 is 4.39 Å². The molecule has 1 aliphatic rings. The molecule has 0 heterocycles. The zero-order valence-electron chi connectivity index (χ0n) is 6.28. The summed E-state index contributed by atoms with van der Waals surface area (Å²) < 4.78 is 11.3. The minimum absolute atomic E-state index is 1.03. The molecule has 1 heteroatoms. The first-order valence-corrected chi connectivity index (χ1v) is 3.74. The van der Waals surface area contributed by atoms with Crippen molar-refractivity contribution >= 4 is 0 Å². The topological polar surface area (TPSA) is 0 Å². The van der Waals surface area contributed by atoms with Crippen LogP contribution in [0.2, 0.25) is 0 Å². The molecule has 0 spiro atoms. The van der Waals surface area contributed by atoms with E-state index in [2.05, 4.69) is 23.8 Å². The maximum atomic E-state index is 11.3. The maximum absolute atomic E-state index is 11.3. The van der Waals surface area contributed by atoms with Gasteiger partial charge in [-0.1, -0.05) is 12.0 Å². The van der Waals surface area contributed by atoms with Crippen LogP contribution in [-0.4, -0.2) is 0 Å². The molecule has 1 rings (SSSR count). The SMILES string of the molecule is FC#CC#CC1=CCCCC1. The molecule has 0 N–H and O–H groups in total. The van der Waals surface area contributed by atoms with Gasteiger partial charge in [0.1, 0.15) is 6.17 Å². The highest BCUT2D eigenvalue weighted by Gasteiger charge is 1.98. The predicted molar refractivity (Wildman–Crippen MR) is 43.2 cm³/mol. The molecule has 0 saturated heterocycles. The first-order chi connectivity index (χ1) is 5.43. The molecule has 0 bridgehead atoms. The number of halogens is 1. The van der Waals surface area contributed by atoms with E-state index < -0.39 is 0 Å². The van der Waals surface area contributed by atoms with Crippen LogP contribution in [0.1, 0.15) is 25.7 Å². The fourth-order valence-corrected chi connectivity index (χ4v) is 1.09. The van der Waals surface area contributed by atoms with E-state index in [1.54, 1.807) is 0 Å². The standard InChI is InChI=1S/C10H9F/c11-9-5-4-8-10-6-2-1-3-7-10/h6H,1-3,7H2. The zero-order chi connectivity index (χ0) is 7.94. The zero-order valence-corrected chi connectivity index (χ0v) is 6.28. The van der Waals surface area contributed by atoms with Crippen LogP contribution in [0.4, 0.5) is 4.39 Å². The van der Waals surface area contributed by atoms with Gasteiger partial charge in [-0.3, -0.25) is 0 Å². The minimum atomic E-state index is 1.03. The Bertz CT molecular complexity index is 265. The Morgan fingerprint density at radius 1 is 1.27 bits per heavy atom. The van der Waals surface area contributed by atoms with Crippen LogP contribution in [0, 0.1) is 23.9 Å². The fraction of sp³-hybridized carbons (Fsp3) is 0.400. The lowest BCUT2D eigenvalue weighted by molar-refractivity contribution is 0.715. The molecule has 0 aromatic carbocycles. The van der Waals surface area contributed by atoms with E-state index in [-0.39, 0.29) is 0 Å². The molecule has 0 aliphatic heterocycles. The molecule has 0 amide bonds. The maximum Gasteiger partial charge on any atom is 0.119 e. The predicted octanol–water partition coefficient (Wildman–Crippen LogP) is 2.42. The van der Waals surface area contributed by atoms with Gasteiger partial charge < -0.3 is 0 Å². The van der Waals surface area contributed by atoms with Gasteiger partial charge in [0.05, 0.1) is 0 Å². The summed E-state index contributed by atoms with van der Waals surface area (Å²) in [5, 5.41) is 0. The van der Waals surface area contributed by atoms with Gasteiger partial charge in [-0.05, 0) is 37.2 Å². The number of hydrogen-bond donors (Lipinski definition) is 0. The Morgan fingerprint density at radius 3 is 2.82 bits per heavy atom. The smallest absolute Gasteiger partial charge is 0.119 e. The summed E-state index contributed by atoms with van der Waals surface area (Å²) in [6.07, 6.45) is 7.94. The van der Waals surface area contributed by atoms with E-state index in [1.807, 2.05) is 0 Å². The van der Waals surface area contributed by atoms with E-state index in [0.29, 0.717) is 0 Å². The lowest BCUT2D eigenvalue weighted by atomic mass is 10.0. The van der Waals surface area contributed by atoms with Crippen molar-refractivity contribution in [2.45, 2.75) is 25.7 Å². The largest absolute Gasteiger partial charge is 0.143 e. The van der Waals surface area contributed by atoms with Crippen molar-refractivity contribution in [3.8, 4) is 23.9 Å². The Labute approximate surface area is 66.5 Å². The summed E-state index contributed by atoms with van der Waals surface area (Å²) in [5.41, 5.74) is 1.11. The number of hydrogen-bond acceptors (Lipinski definition) is 0. The van der Waals surface area contributed by atoms with Gasteiger partial charge in [-0.15, -0.1) is 4.39 Å². The Kier molecular flexibility index (Phi) is 3.29. The van der Waals surface area contributed by atoms with Gasteiger partial charge >= 0.3 is 0 Å². The molecule has 11 heavy (non-hydrogen) atoms. The van der Waals surface area contributed by atoms with Crippen molar-refractivity contribution in [1.82, 2.24) is 0 Å². The summed E-state index contributed by atoms with van der Waals surface area (Å²) in [4.78, 5) is 0. The molecule has 0 radical (unpaired) electrons. The second kappa shape index (κ2) is 4.58. The van der Waals surface area contributed by atoms with Gasteiger partial charge in [0.2, 0.25) is 0 Å². The quantitative estimate of drug-likeness (QED) is 0.463. The van der Waals surface area contributed by atoms with Crippen LogP contribution in [0.5, 0.6) is 0 Å². The third kappa shape index (κ3) is 2.92. The molecule has 56 valence electrons. The minimum Gasteiger partial charge on any atom is -0.143 e. The Balaban J connectivity index is 2.53. The normalized spacial score (nSPS) is 15.2. The fourth-order valence-electron chi connectivity index (χ4n) is 1.09. The molecule has 0 fully saturated rings. The van der Waals surface area contributed by atoms with Gasteiger partial charge in [-0.25, -0.2) is 0 Å². The summed E-state index contributed by atoms with van der Waals surface area (Å²) in [6.45, 7) is 0. The van der Waals surface area contributed by atoms with Gasteiger partial charge in [-0.2, -0.15) is 0 Å². The van der Waals surface area contributed by atoms with Crippen LogP contribution in [0.3, 0.4) is 0 Å². The van der Waals surface area contributed by atoms with Crippen molar-refractivity contribution in [3.63, 3.8) is 0 Å². The van der Waals surface area contributed by atoms with Crippen LogP contribution in [0.25, 0.3) is 0 Å². The van der Waals surface area contributed by atoms with Crippen LogP contribution in [0.15, 0.2) is 11.6 Å². The Hall–Kier alpha value is -1.21. The van der Waals surface area contributed by atoms with Crippen molar-refractivity contribution in [3.05, 3.63) is 11.6 Å². The van der Waals surface area contributed by atoms with Crippen LogP contribution in [-0.2, 0) is 0 Å². The van der Waals surface area contributed by atoms with Crippen molar-refractivity contribution in [2.75, 3.05) is 0 Å². The van der Waals surface area contributed by atoms with E-state index in [4.69, 9.17) is 0 Å². The third-order valence-electron chi connectivity index (χ3n) is 1.62. The average Bonchev–Trinajstić information content (AvgIpc) is 2.07. The lowest BCUT2D eigenvalue weighted by Gasteiger charge is -2.04. The number of rotatable bonds is 0. The Morgan fingerprint density at radius 2 is 2.18 bits per heavy atom. The molecule has 0 atom stereocenters. The van der Waals surface area contributed by atoms with Crippen LogP contribution >= 0.6 is 0 Å². The highest BCUT2D eigenvalue weighted by molar-refractivity contribution is 5.36. The molecule has 0 unspecified atom stereocenters. The molecule has 0 nitrogen and oxygen atoms in total. The number of allylic oxidation sites excluding steroid dienone is 2. The van der Waals surface area contributed by atoms with Crippen molar-refractivity contribution in [1.29, 1.82) is 0 Å². The molecule has 0 saturated carbocycles. The average molecular weight is 148 g/mol. The van der Waals surface area contributed by atoms with E-state index >= 15 is 0 Å². The van der Waals surface area contributed by atoms with E-state index in [0.717, 1.165) is 18.4 Å². The summed E-state index contributed by atoms with van der Waals surface area (Å²) in [7, 11) is 0. The summed E-state index contributed by atoms with van der Waals surface area (Å²) in [6, 6.07) is 0. The molecule has 0 aromatic rings. The molecule has 1 aliphatic carbocycles. The van der Waals surface area contributed by atoms with Crippen molar-refractivity contribution in [2.24, 2.45) is 0 Å². The van der Waals surface area contributed by atoms with E-state index in [1.165, 1.54) is 19.0 Å². The monoisotopic (exact) mass is 148 g/mol. The molecular weight excluding hydrogens is 139 g/mol. The second-order valence-electron chi connectivity index (χ2n) is 2.44. The lowest BCUT2D eigenvalue weighted by Crippen LogP contribution is -1.87. The summed E-state index contributed by atoms with van der Waals surface area (Å²) >= 11 is 0. The second-order valence-corrected chi connectivity index (χ2v) is 2.44. The molecule has 0 aromatic heterocycles. The van der Waals surface area contributed by atoms with Crippen LogP contribution < -0.4 is 0 Å².